The van der Waals surface area contributed by atoms with Gasteiger partial charge in [0.15, 0.2) is 5.82 Å². The van der Waals surface area contributed by atoms with Gasteiger partial charge >= 0.3 is 0 Å². The van der Waals surface area contributed by atoms with Crippen LogP contribution >= 0.6 is 0 Å². The molecular formula is C16H23N3O4S. The van der Waals surface area contributed by atoms with E-state index in [1.807, 2.05) is 6.92 Å². The molecule has 0 N–H and O–H groups in total. The number of nitrogens with zero attached hydrogens (tertiary/aromatic N) is 3. The summed E-state index contributed by atoms with van der Waals surface area (Å²) in [5, 5.41) is 3.92. The second kappa shape index (κ2) is 7.76. The number of benzene rings is 1. The van der Waals surface area contributed by atoms with Crippen molar-refractivity contribution < 1.29 is 17.7 Å². The maximum absolute atomic E-state index is 12.7. The fourth-order valence-corrected chi connectivity index (χ4v) is 3.90. The Morgan fingerprint density at radius 3 is 2.50 bits per heavy atom. The van der Waals surface area contributed by atoms with Gasteiger partial charge in [0, 0.05) is 19.5 Å². The molecule has 2 rings (SSSR count). The summed E-state index contributed by atoms with van der Waals surface area (Å²) in [6, 6.07) is 4.66. The molecule has 0 bridgehead atoms. The Balaban J connectivity index is 2.51. The molecule has 8 heteroatoms. The number of aryl methyl sites for hydroxylation is 1. The molecule has 0 aliphatic carbocycles. The lowest BCUT2D eigenvalue weighted by molar-refractivity contribution is 0.402. The summed E-state index contributed by atoms with van der Waals surface area (Å²) in [6.07, 6.45) is 1.59. The lowest BCUT2D eigenvalue weighted by atomic mass is 10.2. The second-order valence-electron chi connectivity index (χ2n) is 5.22. The maximum Gasteiger partial charge on any atom is 0.261 e. The number of methoxy groups -OCH3 is 1. The van der Waals surface area contributed by atoms with Crippen molar-refractivity contribution in [1.29, 1.82) is 0 Å². The molecule has 0 atom stereocenters. The van der Waals surface area contributed by atoms with Crippen molar-refractivity contribution in [3.8, 4) is 17.2 Å². The van der Waals surface area contributed by atoms with Gasteiger partial charge < -0.3 is 9.26 Å². The number of aromatic nitrogens is 2. The van der Waals surface area contributed by atoms with E-state index in [1.165, 1.54) is 23.5 Å². The van der Waals surface area contributed by atoms with Crippen molar-refractivity contribution in [2.45, 2.75) is 38.5 Å². The van der Waals surface area contributed by atoms with Crippen LogP contribution < -0.4 is 4.74 Å². The molecule has 1 aromatic heterocycles. The Kier molecular flexibility index (Phi) is 5.95. The summed E-state index contributed by atoms with van der Waals surface area (Å²) in [4.78, 5) is 4.50. The van der Waals surface area contributed by atoms with Gasteiger partial charge in [0.05, 0.1) is 17.6 Å². The van der Waals surface area contributed by atoms with Gasteiger partial charge in [0.25, 0.3) is 5.89 Å². The van der Waals surface area contributed by atoms with E-state index >= 15 is 0 Å². The average molecular weight is 353 g/mol. The minimum absolute atomic E-state index is 0.178. The number of sulfonamides is 1. The molecule has 24 heavy (non-hydrogen) atoms. The van der Waals surface area contributed by atoms with Gasteiger partial charge in [-0.15, -0.1) is 0 Å². The molecule has 0 unspecified atom stereocenters. The summed E-state index contributed by atoms with van der Waals surface area (Å²) in [6.45, 7) is 6.44. The molecule has 0 saturated heterocycles. The van der Waals surface area contributed by atoms with E-state index in [0.717, 1.165) is 6.42 Å². The van der Waals surface area contributed by atoms with Gasteiger partial charge in [-0.1, -0.05) is 25.9 Å². The lowest BCUT2D eigenvalue weighted by Crippen LogP contribution is -2.30. The van der Waals surface area contributed by atoms with E-state index in [0.29, 0.717) is 36.6 Å². The van der Waals surface area contributed by atoms with Crippen LogP contribution in [0, 0.1) is 0 Å². The maximum atomic E-state index is 12.7. The number of ether oxygens (including phenoxy) is 1. The van der Waals surface area contributed by atoms with Crippen LogP contribution in [0.15, 0.2) is 27.6 Å². The van der Waals surface area contributed by atoms with E-state index in [1.54, 1.807) is 19.9 Å². The molecule has 0 amide bonds. The predicted octanol–water partition coefficient (Wildman–Crippen LogP) is 2.73. The van der Waals surface area contributed by atoms with Crippen molar-refractivity contribution in [3.63, 3.8) is 0 Å². The number of hydrogen-bond donors (Lipinski definition) is 0. The standard InChI is InChI=1S/C16H23N3O4S/c1-5-8-15-17-16(23-18-15)13-11-12(9-10-14(13)22-4)24(20,21)19(6-2)7-3/h9-11H,5-8H2,1-4H3. The molecular weight excluding hydrogens is 330 g/mol. The van der Waals surface area contributed by atoms with Crippen LogP contribution in [-0.2, 0) is 16.4 Å². The largest absolute Gasteiger partial charge is 0.496 e. The Morgan fingerprint density at radius 1 is 1.21 bits per heavy atom. The number of rotatable bonds is 8. The fourth-order valence-electron chi connectivity index (χ4n) is 2.42. The highest BCUT2D eigenvalue weighted by molar-refractivity contribution is 7.89. The van der Waals surface area contributed by atoms with Gasteiger partial charge in [0.1, 0.15) is 5.75 Å². The molecule has 0 radical (unpaired) electrons. The van der Waals surface area contributed by atoms with Crippen LogP contribution in [0.3, 0.4) is 0 Å². The van der Waals surface area contributed by atoms with Crippen molar-refractivity contribution >= 4 is 10.0 Å². The van der Waals surface area contributed by atoms with Crippen molar-refractivity contribution in [1.82, 2.24) is 14.4 Å². The van der Waals surface area contributed by atoms with Crippen molar-refractivity contribution in [2.75, 3.05) is 20.2 Å². The minimum atomic E-state index is -3.57. The van der Waals surface area contributed by atoms with Gasteiger partial charge in [0.2, 0.25) is 10.0 Å². The van der Waals surface area contributed by atoms with Crippen LogP contribution in [0.2, 0.25) is 0 Å². The van der Waals surface area contributed by atoms with Crippen LogP contribution in [0.4, 0.5) is 0 Å². The molecule has 1 aromatic carbocycles. The Labute approximate surface area is 142 Å². The highest BCUT2D eigenvalue weighted by atomic mass is 32.2. The van der Waals surface area contributed by atoms with Gasteiger partial charge in [-0.2, -0.15) is 9.29 Å². The molecule has 0 saturated carbocycles. The lowest BCUT2D eigenvalue weighted by Gasteiger charge is -2.19. The van der Waals surface area contributed by atoms with E-state index < -0.39 is 10.0 Å². The monoisotopic (exact) mass is 353 g/mol. The van der Waals surface area contributed by atoms with Crippen LogP contribution in [-0.4, -0.2) is 43.1 Å². The third kappa shape index (κ3) is 3.59. The van der Waals surface area contributed by atoms with E-state index in [4.69, 9.17) is 9.26 Å². The highest BCUT2D eigenvalue weighted by Crippen LogP contribution is 2.32. The molecule has 0 spiro atoms. The molecule has 7 nitrogen and oxygen atoms in total. The summed E-state index contributed by atoms with van der Waals surface area (Å²) < 4.78 is 37.4. The highest BCUT2D eigenvalue weighted by Gasteiger charge is 2.24. The summed E-state index contributed by atoms with van der Waals surface area (Å²) in [5.41, 5.74) is 0.473. The average Bonchev–Trinajstić information content (AvgIpc) is 3.04. The van der Waals surface area contributed by atoms with Crippen LogP contribution in [0.25, 0.3) is 11.5 Å². The quantitative estimate of drug-likeness (QED) is 0.725. The zero-order valence-electron chi connectivity index (χ0n) is 14.4. The molecule has 0 aliphatic rings. The van der Waals surface area contributed by atoms with Crippen LogP contribution in [0.1, 0.15) is 33.0 Å². The Bertz CT molecular complexity index is 782. The molecule has 1 heterocycles. The second-order valence-corrected chi connectivity index (χ2v) is 7.16. The normalized spacial score (nSPS) is 11.9. The molecule has 2 aromatic rings. The predicted molar refractivity (Wildman–Crippen MR) is 90.4 cm³/mol. The summed E-state index contributed by atoms with van der Waals surface area (Å²) in [5.74, 6) is 1.33. The molecule has 0 aliphatic heterocycles. The molecule has 0 fully saturated rings. The zero-order valence-corrected chi connectivity index (χ0v) is 15.3. The summed E-state index contributed by atoms with van der Waals surface area (Å²) in [7, 11) is -2.06. The SMILES string of the molecule is CCCc1noc(-c2cc(S(=O)(=O)N(CC)CC)ccc2OC)n1. The first-order valence-corrected chi connectivity index (χ1v) is 9.43. The van der Waals surface area contributed by atoms with Crippen LogP contribution in [0.5, 0.6) is 5.75 Å². The topological polar surface area (TPSA) is 85.5 Å². The Hall–Kier alpha value is -1.93. The van der Waals surface area contributed by atoms with E-state index in [9.17, 15) is 8.42 Å². The van der Waals surface area contributed by atoms with Crippen molar-refractivity contribution in [3.05, 3.63) is 24.0 Å². The van der Waals surface area contributed by atoms with E-state index in [2.05, 4.69) is 10.1 Å². The van der Waals surface area contributed by atoms with Gasteiger partial charge in [-0.05, 0) is 24.6 Å². The van der Waals surface area contributed by atoms with Gasteiger partial charge in [-0.3, -0.25) is 0 Å². The van der Waals surface area contributed by atoms with E-state index in [-0.39, 0.29) is 10.8 Å². The zero-order chi connectivity index (χ0) is 17.7. The number of hydrogen-bond acceptors (Lipinski definition) is 6. The van der Waals surface area contributed by atoms with Crippen molar-refractivity contribution in [2.24, 2.45) is 0 Å². The van der Waals surface area contributed by atoms with Gasteiger partial charge in [-0.25, -0.2) is 8.42 Å². The Morgan fingerprint density at radius 2 is 1.92 bits per heavy atom. The third-order valence-electron chi connectivity index (χ3n) is 3.69. The fraction of sp³-hybridized carbons (Fsp3) is 0.500. The first kappa shape index (κ1) is 18.4. The smallest absolute Gasteiger partial charge is 0.261 e. The first-order chi connectivity index (χ1) is 11.5. The minimum Gasteiger partial charge on any atom is -0.496 e. The first-order valence-electron chi connectivity index (χ1n) is 7.99. The molecule has 132 valence electrons. The summed E-state index contributed by atoms with van der Waals surface area (Å²) >= 11 is 0. The third-order valence-corrected chi connectivity index (χ3v) is 5.73.